The number of allylic oxidation sites excluding steroid dienone is 5. The molecule has 0 saturated heterocycles. The zero-order valence-electron chi connectivity index (χ0n) is 9.36. The molecule has 1 aliphatic rings. The summed E-state index contributed by atoms with van der Waals surface area (Å²) in [6.45, 7) is 1.65. The molecule has 3 nitrogen and oxygen atoms in total. The molecule has 0 amide bonds. The van der Waals surface area contributed by atoms with Gasteiger partial charge in [-0.25, -0.2) is 4.79 Å². The molecule has 0 aromatic carbocycles. The lowest BCUT2D eigenvalue weighted by Crippen LogP contribution is -2.00. The van der Waals surface area contributed by atoms with E-state index in [1.807, 2.05) is 6.08 Å². The smallest absolute Gasteiger partial charge is 0.346 e. The molecule has 1 rings (SSSR count). The molecule has 0 aliphatic heterocycles. The van der Waals surface area contributed by atoms with Crippen molar-refractivity contribution in [1.29, 1.82) is 5.26 Å². The first-order valence-corrected chi connectivity index (χ1v) is 5.36. The van der Waals surface area contributed by atoms with E-state index in [-0.39, 0.29) is 5.57 Å². The predicted molar refractivity (Wildman–Crippen MR) is 61.6 cm³/mol. The van der Waals surface area contributed by atoms with E-state index >= 15 is 0 Å². The molecule has 16 heavy (non-hydrogen) atoms. The van der Waals surface area contributed by atoms with E-state index in [4.69, 9.17) is 10.4 Å². The molecule has 0 bridgehead atoms. The highest BCUT2D eigenvalue weighted by molar-refractivity contribution is 5.92. The highest BCUT2D eigenvalue weighted by Gasteiger charge is 2.08. The Morgan fingerprint density at radius 2 is 2.31 bits per heavy atom. The van der Waals surface area contributed by atoms with Gasteiger partial charge in [-0.3, -0.25) is 0 Å². The Morgan fingerprint density at radius 3 is 2.81 bits per heavy atom. The molecule has 1 aliphatic carbocycles. The van der Waals surface area contributed by atoms with Gasteiger partial charge in [-0.1, -0.05) is 23.8 Å². The molecule has 3 heteroatoms. The number of nitrogens with zero attached hydrogens (tertiary/aromatic N) is 1. The minimum atomic E-state index is -1.16. The zero-order valence-corrected chi connectivity index (χ0v) is 9.36. The summed E-state index contributed by atoms with van der Waals surface area (Å²) in [5, 5.41) is 17.4. The van der Waals surface area contributed by atoms with Gasteiger partial charge in [-0.2, -0.15) is 5.26 Å². The molecule has 0 aromatic rings. The number of nitriles is 1. The average molecular weight is 217 g/mol. The maximum atomic E-state index is 10.7. The fourth-order valence-electron chi connectivity index (χ4n) is 1.63. The van der Waals surface area contributed by atoms with Gasteiger partial charge in [-0.15, -0.1) is 0 Å². The van der Waals surface area contributed by atoms with E-state index < -0.39 is 5.97 Å². The largest absolute Gasteiger partial charge is 0.477 e. The third kappa shape index (κ3) is 3.39. The van der Waals surface area contributed by atoms with Crippen molar-refractivity contribution in [3.63, 3.8) is 0 Å². The Kier molecular flexibility index (Phi) is 4.53. The second-order valence-electron chi connectivity index (χ2n) is 3.83. The summed E-state index contributed by atoms with van der Waals surface area (Å²) >= 11 is 0. The number of hydrogen-bond acceptors (Lipinski definition) is 2. The summed E-state index contributed by atoms with van der Waals surface area (Å²) in [7, 11) is 0. The van der Waals surface area contributed by atoms with Crippen LogP contribution in [0.2, 0.25) is 0 Å². The van der Waals surface area contributed by atoms with Crippen molar-refractivity contribution in [2.24, 2.45) is 0 Å². The van der Waals surface area contributed by atoms with E-state index in [2.05, 4.69) is 6.08 Å². The van der Waals surface area contributed by atoms with Gasteiger partial charge in [0.1, 0.15) is 11.6 Å². The minimum Gasteiger partial charge on any atom is -0.477 e. The van der Waals surface area contributed by atoms with E-state index in [1.165, 1.54) is 18.4 Å². The first-order chi connectivity index (χ1) is 7.65. The molecule has 1 N–H and O–H groups in total. The maximum Gasteiger partial charge on any atom is 0.346 e. The van der Waals surface area contributed by atoms with Crippen molar-refractivity contribution in [2.45, 2.75) is 32.6 Å². The molecule has 0 fully saturated rings. The lowest BCUT2D eigenvalue weighted by molar-refractivity contribution is -0.132. The normalized spacial score (nSPS) is 17.6. The lowest BCUT2D eigenvalue weighted by atomic mass is 9.98. The number of carbonyl (C=O) groups is 1. The highest BCUT2D eigenvalue weighted by atomic mass is 16.4. The fourth-order valence-corrected chi connectivity index (χ4v) is 1.63. The second-order valence-corrected chi connectivity index (χ2v) is 3.83. The minimum absolute atomic E-state index is 0.187. The molecule has 0 saturated carbocycles. The summed E-state index contributed by atoms with van der Waals surface area (Å²) in [5.41, 5.74) is 1.54. The topological polar surface area (TPSA) is 61.1 Å². The van der Waals surface area contributed by atoms with Crippen molar-refractivity contribution >= 4 is 5.97 Å². The molecule has 0 atom stereocenters. The number of rotatable bonds is 3. The SMILES string of the molecule is CC(/C=C/C1=CCCCC1)=C(\C#N)C(=O)O. The summed E-state index contributed by atoms with van der Waals surface area (Å²) < 4.78 is 0. The summed E-state index contributed by atoms with van der Waals surface area (Å²) in [6.07, 6.45) is 10.3. The van der Waals surface area contributed by atoms with Gasteiger partial charge in [0, 0.05) is 0 Å². The van der Waals surface area contributed by atoms with E-state index in [0.717, 1.165) is 12.8 Å². The van der Waals surface area contributed by atoms with Crippen molar-refractivity contribution < 1.29 is 9.90 Å². The van der Waals surface area contributed by atoms with Crippen LogP contribution in [0.4, 0.5) is 0 Å². The molecule has 0 unspecified atom stereocenters. The van der Waals surface area contributed by atoms with Crippen molar-refractivity contribution in [3.05, 3.63) is 34.9 Å². The summed E-state index contributed by atoms with van der Waals surface area (Å²) in [5.74, 6) is -1.16. The van der Waals surface area contributed by atoms with E-state index in [9.17, 15) is 4.79 Å². The van der Waals surface area contributed by atoms with Gasteiger partial charge in [0.05, 0.1) is 0 Å². The Labute approximate surface area is 95.4 Å². The van der Waals surface area contributed by atoms with Crippen LogP contribution in [0.1, 0.15) is 32.6 Å². The van der Waals surface area contributed by atoms with Gasteiger partial charge >= 0.3 is 5.97 Å². The van der Waals surface area contributed by atoms with Crippen LogP contribution in [-0.2, 0) is 4.79 Å². The van der Waals surface area contributed by atoms with Gasteiger partial charge in [-0.05, 0) is 38.2 Å². The monoisotopic (exact) mass is 217 g/mol. The Balaban J connectivity index is 2.80. The third-order valence-corrected chi connectivity index (χ3v) is 2.59. The maximum absolute atomic E-state index is 10.7. The number of carboxylic acid groups (broad SMARTS) is 1. The summed E-state index contributed by atoms with van der Waals surface area (Å²) in [4.78, 5) is 10.7. The van der Waals surface area contributed by atoms with Crippen molar-refractivity contribution in [1.82, 2.24) is 0 Å². The second kappa shape index (κ2) is 5.92. The third-order valence-electron chi connectivity index (χ3n) is 2.59. The molecular weight excluding hydrogens is 202 g/mol. The van der Waals surface area contributed by atoms with E-state index in [0.29, 0.717) is 5.57 Å². The van der Waals surface area contributed by atoms with Crippen LogP contribution in [0.15, 0.2) is 34.9 Å². The Morgan fingerprint density at radius 1 is 1.56 bits per heavy atom. The molecular formula is C13H15NO2. The number of hydrogen-bond donors (Lipinski definition) is 1. The standard InChI is InChI=1S/C13H15NO2/c1-10(12(9-14)13(15)16)7-8-11-5-3-2-4-6-11/h5,7-8H,2-4,6H2,1H3,(H,15,16)/b8-7+,12-10-. The van der Waals surface area contributed by atoms with Crippen LogP contribution < -0.4 is 0 Å². The van der Waals surface area contributed by atoms with E-state index in [1.54, 1.807) is 19.1 Å². The van der Waals surface area contributed by atoms with Crippen LogP contribution in [0.5, 0.6) is 0 Å². The average Bonchev–Trinajstić information content (AvgIpc) is 2.28. The van der Waals surface area contributed by atoms with Crippen LogP contribution in [0, 0.1) is 11.3 Å². The van der Waals surface area contributed by atoms with Gasteiger partial charge in [0.25, 0.3) is 0 Å². The van der Waals surface area contributed by atoms with Gasteiger partial charge in [0.2, 0.25) is 0 Å². The molecule has 0 heterocycles. The quantitative estimate of drug-likeness (QED) is 0.449. The first-order valence-electron chi connectivity index (χ1n) is 5.36. The number of aliphatic carboxylic acids is 1. The van der Waals surface area contributed by atoms with Crippen LogP contribution in [-0.4, -0.2) is 11.1 Å². The molecule has 0 radical (unpaired) electrons. The highest BCUT2D eigenvalue weighted by Crippen LogP contribution is 2.19. The Bertz CT molecular complexity index is 408. The van der Waals surface area contributed by atoms with Crippen LogP contribution in [0.25, 0.3) is 0 Å². The zero-order chi connectivity index (χ0) is 12.0. The number of carboxylic acids is 1. The van der Waals surface area contributed by atoms with Crippen LogP contribution >= 0.6 is 0 Å². The predicted octanol–water partition coefficient (Wildman–Crippen LogP) is 2.97. The van der Waals surface area contributed by atoms with Crippen molar-refractivity contribution in [3.8, 4) is 6.07 Å². The fraction of sp³-hybridized carbons (Fsp3) is 0.385. The van der Waals surface area contributed by atoms with Crippen LogP contribution in [0.3, 0.4) is 0 Å². The Hall–Kier alpha value is -1.82. The first kappa shape index (κ1) is 12.3. The summed E-state index contributed by atoms with van der Waals surface area (Å²) in [6, 6.07) is 1.70. The molecule has 0 aromatic heterocycles. The van der Waals surface area contributed by atoms with Gasteiger partial charge < -0.3 is 5.11 Å². The molecule has 0 spiro atoms. The molecule has 84 valence electrons. The van der Waals surface area contributed by atoms with Gasteiger partial charge in [0.15, 0.2) is 0 Å². The lowest BCUT2D eigenvalue weighted by Gasteiger charge is -2.08. The van der Waals surface area contributed by atoms with Crippen molar-refractivity contribution in [2.75, 3.05) is 0 Å².